The molecule has 4 rings (SSSR count). The lowest BCUT2D eigenvalue weighted by atomic mass is 9.49. The van der Waals surface area contributed by atoms with Crippen LogP contribution in [-0.4, -0.2) is 33.6 Å². The highest BCUT2D eigenvalue weighted by Crippen LogP contribution is 2.65. The van der Waals surface area contributed by atoms with Crippen molar-refractivity contribution >= 4 is 0 Å². The lowest BCUT2D eigenvalue weighted by Gasteiger charge is -2.57. The first-order valence-corrected chi connectivity index (χ1v) is 10.00. The average molecular weight is 322 g/mol. The van der Waals surface area contributed by atoms with Gasteiger partial charge in [-0.25, -0.2) is 0 Å². The summed E-state index contributed by atoms with van der Waals surface area (Å²) >= 11 is 0. The van der Waals surface area contributed by atoms with Gasteiger partial charge < -0.3 is 15.3 Å². The number of fused-ring (bicyclic) bond motifs is 5. The molecular weight excluding hydrogens is 288 g/mol. The maximum Gasteiger partial charge on any atom is 0.0725 e. The third-order valence-corrected chi connectivity index (χ3v) is 8.77. The van der Waals surface area contributed by atoms with Crippen molar-refractivity contribution < 1.29 is 15.3 Å². The number of hydrogen-bond donors (Lipinski definition) is 3. The maximum atomic E-state index is 11.2. The summed E-state index contributed by atoms with van der Waals surface area (Å²) in [6, 6.07) is 0. The van der Waals surface area contributed by atoms with E-state index in [1.807, 2.05) is 0 Å². The van der Waals surface area contributed by atoms with Crippen LogP contribution in [0.3, 0.4) is 0 Å². The van der Waals surface area contributed by atoms with E-state index >= 15 is 0 Å². The molecule has 0 aromatic heterocycles. The van der Waals surface area contributed by atoms with Gasteiger partial charge in [-0.3, -0.25) is 0 Å². The standard InChI is InChI=1S/C20H34O3/c1-19-8-6-16-15-5-3-14(22)12-13(15)2-4-17(16)18(19)7-9-20(19,23)10-11-21/h13-18,21-23H,2-12H2,1H3/t13-,14-,15+,16-,17-,18+,19+,20-/m1/s1. The van der Waals surface area contributed by atoms with Gasteiger partial charge in [-0.05, 0) is 99.2 Å². The fraction of sp³-hybridized carbons (Fsp3) is 1.00. The molecule has 4 aliphatic rings. The van der Waals surface area contributed by atoms with Crippen LogP contribution in [0.25, 0.3) is 0 Å². The Morgan fingerprint density at radius 2 is 1.70 bits per heavy atom. The molecule has 0 unspecified atom stereocenters. The first-order chi connectivity index (χ1) is 11.0. The van der Waals surface area contributed by atoms with Crippen LogP contribution >= 0.6 is 0 Å². The van der Waals surface area contributed by atoms with Gasteiger partial charge in [-0.2, -0.15) is 0 Å². The molecule has 0 radical (unpaired) electrons. The molecule has 3 nitrogen and oxygen atoms in total. The minimum absolute atomic E-state index is 0.0118. The second-order valence-electron chi connectivity index (χ2n) is 9.40. The van der Waals surface area contributed by atoms with Gasteiger partial charge in [-0.15, -0.1) is 0 Å². The normalized spacial score (nSPS) is 55.8. The van der Waals surface area contributed by atoms with Gasteiger partial charge in [0.25, 0.3) is 0 Å². The summed E-state index contributed by atoms with van der Waals surface area (Å²) < 4.78 is 0. The molecule has 4 aliphatic carbocycles. The topological polar surface area (TPSA) is 60.7 Å². The highest BCUT2D eigenvalue weighted by molar-refractivity contribution is 5.12. The van der Waals surface area contributed by atoms with E-state index in [0.29, 0.717) is 12.3 Å². The third kappa shape index (κ3) is 2.33. The van der Waals surface area contributed by atoms with Gasteiger partial charge in [-0.1, -0.05) is 6.92 Å². The van der Waals surface area contributed by atoms with Gasteiger partial charge in [0, 0.05) is 6.61 Å². The Kier molecular flexibility index (Phi) is 4.06. The van der Waals surface area contributed by atoms with E-state index in [-0.39, 0.29) is 18.1 Å². The number of aliphatic hydroxyl groups excluding tert-OH is 2. The Balaban J connectivity index is 1.56. The molecular formula is C20H34O3. The molecule has 132 valence electrons. The monoisotopic (exact) mass is 322 g/mol. The molecule has 0 aliphatic heterocycles. The summed E-state index contributed by atoms with van der Waals surface area (Å²) in [6.45, 7) is 2.42. The van der Waals surface area contributed by atoms with E-state index < -0.39 is 5.60 Å². The second kappa shape index (κ2) is 5.71. The first-order valence-electron chi connectivity index (χ1n) is 10.00. The highest BCUT2D eigenvalue weighted by Gasteiger charge is 2.62. The molecule has 0 amide bonds. The molecule has 3 heteroatoms. The Morgan fingerprint density at radius 1 is 0.913 bits per heavy atom. The number of rotatable bonds is 2. The lowest BCUT2D eigenvalue weighted by Crippen LogP contribution is -2.54. The largest absolute Gasteiger partial charge is 0.396 e. The van der Waals surface area contributed by atoms with Crippen LogP contribution in [0.2, 0.25) is 0 Å². The Hall–Kier alpha value is -0.120. The van der Waals surface area contributed by atoms with Crippen molar-refractivity contribution in [2.75, 3.05) is 6.61 Å². The van der Waals surface area contributed by atoms with Crippen molar-refractivity contribution in [1.82, 2.24) is 0 Å². The van der Waals surface area contributed by atoms with Crippen LogP contribution in [0.5, 0.6) is 0 Å². The van der Waals surface area contributed by atoms with Crippen LogP contribution < -0.4 is 0 Å². The zero-order valence-electron chi connectivity index (χ0n) is 14.6. The smallest absolute Gasteiger partial charge is 0.0725 e. The van der Waals surface area contributed by atoms with Gasteiger partial charge in [0.15, 0.2) is 0 Å². The molecule has 3 N–H and O–H groups in total. The quantitative estimate of drug-likeness (QED) is 0.732. The molecule has 0 saturated heterocycles. The van der Waals surface area contributed by atoms with Crippen molar-refractivity contribution in [3.63, 3.8) is 0 Å². The second-order valence-corrected chi connectivity index (χ2v) is 9.40. The van der Waals surface area contributed by atoms with Crippen molar-refractivity contribution in [2.24, 2.45) is 35.0 Å². The van der Waals surface area contributed by atoms with Crippen LogP contribution in [0.4, 0.5) is 0 Å². The maximum absolute atomic E-state index is 11.2. The van der Waals surface area contributed by atoms with Crippen molar-refractivity contribution in [2.45, 2.75) is 82.8 Å². The fourth-order valence-electron chi connectivity index (χ4n) is 7.53. The van der Waals surface area contributed by atoms with E-state index in [1.54, 1.807) is 0 Å². The number of hydrogen-bond acceptors (Lipinski definition) is 3. The van der Waals surface area contributed by atoms with Crippen LogP contribution in [-0.2, 0) is 0 Å². The third-order valence-electron chi connectivity index (χ3n) is 8.77. The molecule has 4 fully saturated rings. The highest BCUT2D eigenvalue weighted by atomic mass is 16.3. The zero-order valence-corrected chi connectivity index (χ0v) is 14.6. The molecule has 8 atom stereocenters. The minimum atomic E-state index is -0.642. The van der Waals surface area contributed by atoms with Crippen LogP contribution in [0, 0.1) is 35.0 Å². The van der Waals surface area contributed by atoms with E-state index in [9.17, 15) is 15.3 Å². The summed E-state index contributed by atoms with van der Waals surface area (Å²) in [5.41, 5.74) is -0.630. The SMILES string of the molecule is C[C@]12CC[C@H]3[C@@H](CC[C@@H]4C[C@H](O)CC[C@@H]43)[C@@H]1CC[C@@]2(O)CCO. The Morgan fingerprint density at radius 3 is 2.48 bits per heavy atom. The predicted octanol–water partition coefficient (Wildman–Crippen LogP) is 3.11. The van der Waals surface area contributed by atoms with E-state index in [2.05, 4.69) is 6.92 Å². The van der Waals surface area contributed by atoms with Crippen molar-refractivity contribution in [3.8, 4) is 0 Å². The lowest BCUT2D eigenvalue weighted by molar-refractivity contribution is -0.139. The van der Waals surface area contributed by atoms with Crippen molar-refractivity contribution in [3.05, 3.63) is 0 Å². The van der Waals surface area contributed by atoms with Crippen LogP contribution in [0.1, 0.15) is 71.1 Å². The molecule has 23 heavy (non-hydrogen) atoms. The predicted molar refractivity (Wildman–Crippen MR) is 89.8 cm³/mol. The fourth-order valence-corrected chi connectivity index (χ4v) is 7.53. The molecule has 4 saturated carbocycles. The first kappa shape index (κ1) is 16.4. The summed E-state index contributed by atoms with van der Waals surface area (Å²) in [4.78, 5) is 0. The summed E-state index contributed by atoms with van der Waals surface area (Å²) in [5.74, 6) is 3.83. The summed E-state index contributed by atoms with van der Waals surface area (Å²) in [5, 5.41) is 30.6. The van der Waals surface area contributed by atoms with Crippen LogP contribution in [0.15, 0.2) is 0 Å². The molecule has 0 aromatic rings. The van der Waals surface area contributed by atoms with E-state index in [0.717, 1.165) is 55.8 Å². The van der Waals surface area contributed by atoms with E-state index in [4.69, 9.17) is 0 Å². The minimum Gasteiger partial charge on any atom is -0.396 e. The Labute approximate surface area is 140 Å². The Bertz CT molecular complexity index is 452. The molecule has 0 bridgehead atoms. The molecule has 0 spiro atoms. The summed E-state index contributed by atoms with van der Waals surface area (Å²) in [6.07, 6.45) is 10.7. The van der Waals surface area contributed by atoms with Crippen molar-refractivity contribution in [1.29, 1.82) is 0 Å². The number of aliphatic hydroxyl groups is 3. The van der Waals surface area contributed by atoms with Gasteiger partial charge in [0.2, 0.25) is 0 Å². The molecule has 0 aromatic carbocycles. The average Bonchev–Trinajstić information content (AvgIpc) is 2.79. The van der Waals surface area contributed by atoms with Gasteiger partial charge in [0.05, 0.1) is 11.7 Å². The summed E-state index contributed by atoms with van der Waals surface area (Å²) in [7, 11) is 0. The molecule has 0 heterocycles. The zero-order chi connectivity index (χ0) is 16.2. The van der Waals surface area contributed by atoms with Gasteiger partial charge in [0.1, 0.15) is 0 Å². The van der Waals surface area contributed by atoms with E-state index in [1.165, 1.54) is 25.7 Å². The van der Waals surface area contributed by atoms with Gasteiger partial charge >= 0.3 is 0 Å².